The number of para-hydroxylation sites is 3. The average molecular weight is 817 g/mol. The van der Waals surface area contributed by atoms with Gasteiger partial charge in [-0.3, -0.25) is 0 Å². The Kier molecular flexibility index (Phi) is 3.55. The van der Waals surface area contributed by atoms with Crippen LogP contribution in [0.2, 0.25) is 0 Å². The van der Waals surface area contributed by atoms with Crippen LogP contribution < -0.4 is 4.90 Å². The number of hydrogen-bond donors (Lipinski definition) is 0. The number of fused-ring (bicyclic) bond motifs is 5. The van der Waals surface area contributed by atoms with Gasteiger partial charge in [-0.25, -0.2) is 15.0 Å². The molecule has 0 amide bonds. The first-order valence-corrected chi connectivity index (χ1v) is 17.5. The van der Waals surface area contributed by atoms with Crippen LogP contribution in [0.1, 0.15) is 52.1 Å². The first-order valence-electron chi connectivity index (χ1n) is 36.5. The number of hydrogen-bond acceptors (Lipinski definition) is 4. The van der Waals surface area contributed by atoms with E-state index in [1.807, 2.05) is 0 Å². The van der Waals surface area contributed by atoms with Gasteiger partial charge in [0.2, 0.25) is 0 Å². The van der Waals surface area contributed by atoms with Crippen molar-refractivity contribution in [3.8, 4) is 56.3 Å². The Hall–Kier alpha value is -8.21. The second-order valence-electron chi connectivity index (χ2n) is 12.3. The number of aromatic nitrogens is 3. The molecular weight excluding hydrogens is 741 g/mol. The second kappa shape index (κ2) is 15.5. The predicted molar refractivity (Wildman–Crippen MR) is 254 cm³/mol. The Morgan fingerprint density at radius 2 is 0.852 bits per heavy atom. The van der Waals surface area contributed by atoms with Gasteiger partial charge < -0.3 is 4.90 Å². The SMILES string of the molecule is [2H]c1c(-c2c([2H])c([2H])c([2H])c([2H])c2[2H])nc(-c2c([2H])c([2H])c3c(c2[2H])c([2H])c([2H])c2c(-c4c([2H])c([2H])c([2H])c(-c5c([2H])c([2H])c(N(c6c([2H])c([2H])c([2H])c([2H])c6[2H])c6c([2H])c([2H])c([2H])c([2H])c6[2H])c([2H])c5[2H])c4[2H])nc4c([2H])c([2H])c([2H])c([2H])c4c23)nc1-c1c([2H])c([2H])c([2H])c([2H])c1[2H]. The first kappa shape index (κ1) is 13.9. The lowest BCUT2D eigenvalue weighted by molar-refractivity contribution is 1.18. The van der Waals surface area contributed by atoms with Gasteiger partial charge in [0, 0.05) is 55.5 Å². The summed E-state index contributed by atoms with van der Waals surface area (Å²) in [4.78, 5) is 13.4. The van der Waals surface area contributed by atoms with E-state index in [0.717, 1.165) is 0 Å². The Morgan fingerprint density at radius 1 is 0.328 bits per heavy atom. The summed E-state index contributed by atoms with van der Waals surface area (Å²) in [5, 5.41) is -3.93. The fourth-order valence-electron chi connectivity index (χ4n) is 6.12. The van der Waals surface area contributed by atoms with Crippen LogP contribution in [-0.2, 0) is 0 Å². The molecule has 9 aromatic carbocycles. The molecule has 0 unspecified atom stereocenters. The Bertz CT molecular complexity index is 5310. The third-order valence-corrected chi connectivity index (χ3v) is 8.74. The lowest BCUT2D eigenvalue weighted by Crippen LogP contribution is -2.09. The molecule has 0 spiro atoms. The van der Waals surface area contributed by atoms with Crippen molar-refractivity contribution in [3.05, 3.63) is 230 Å². The van der Waals surface area contributed by atoms with E-state index >= 15 is 0 Å². The Balaban J connectivity index is 1.27. The van der Waals surface area contributed by atoms with Gasteiger partial charge in [0.1, 0.15) is 0 Å². The van der Waals surface area contributed by atoms with Crippen LogP contribution >= 0.6 is 0 Å². The normalized spacial score (nSPS) is 20.0. The van der Waals surface area contributed by atoms with Crippen molar-refractivity contribution in [3.63, 3.8) is 0 Å². The fourth-order valence-corrected chi connectivity index (χ4v) is 6.12. The summed E-state index contributed by atoms with van der Waals surface area (Å²) in [6.07, 6.45) is 0. The van der Waals surface area contributed by atoms with Gasteiger partial charge in [0.25, 0.3) is 0 Å². The maximum atomic E-state index is 9.89. The zero-order valence-corrected chi connectivity index (χ0v) is 30.3. The van der Waals surface area contributed by atoms with Crippen LogP contribution in [0.5, 0.6) is 0 Å². The molecule has 0 saturated heterocycles. The third kappa shape index (κ3) is 6.86. The van der Waals surface area contributed by atoms with E-state index in [0.29, 0.717) is 4.90 Å². The molecule has 0 radical (unpaired) electrons. The summed E-state index contributed by atoms with van der Waals surface area (Å²) in [5.41, 5.74) is -12.6. The largest absolute Gasteiger partial charge is 0.311 e. The molecule has 61 heavy (non-hydrogen) atoms. The highest BCUT2D eigenvalue weighted by molar-refractivity contribution is 6.22. The Morgan fingerprint density at radius 3 is 1.51 bits per heavy atom. The summed E-state index contributed by atoms with van der Waals surface area (Å²) < 4.78 is 341. The molecule has 0 aliphatic heterocycles. The molecule has 0 saturated carbocycles. The van der Waals surface area contributed by atoms with Crippen molar-refractivity contribution < 1.29 is 52.1 Å². The van der Waals surface area contributed by atoms with Gasteiger partial charge in [-0.1, -0.05) is 169 Å². The van der Waals surface area contributed by atoms with E-state index in [-0.39, 0.29) is 0 Å². The van der Waals surface area contributed by atoms with Crippen LogP contribution in [0.15, 0.2) is 230 Å². The summed E-state index contributed by atoms with van der Waals surface area (Å²) in [7, 11) is 0. The van der Waals surface area contributed by atoms with Crippen LogP contribution in [-0.4, -0.2) is 15.0 Å². The molecule has 0 atom stereocenters. The van der Waals surface area contributed by atoms with Crippen molar-refractivity contribution >= 4 is 49.5 Å². The fraction of sp³-hybridized carbons (Fsp3) is 0. The van der Waals surface area contributed by atoms with Crippen LogP contribution in [0.3, 0.4) is 0 Å². The van der Waals surface area contributed by atoms with Crippen LogP contribution in [0, 0.1) is 0 Å². The minimum Gasteiger partial charge on any atom is -0.311 e. The zero-order chi connectivity index (χ0) is 73.6. The lowest BCUT2D eigenvalue weighted by Gasteiger charge is -2.25. The van der Waals surface area contributed by atoms with Crippen molar-refractivity contribution in [2.24, 2.45) is 0 Å². The molecule has 0 fully saturated rings. The number of anilines is 3. The summed E-state index contributed by atoms with van der Waals surface area (Å²) in [5.74, 6) is -0.991. The third-order valence-electron chi connectivity index (χ3n) is 8.74. The molecular formula is C57H38N4. The van der Waals surface area contributed by atoms with Gasteiger partial charge in [0.05, 0.1) is 74.7 Å². The minimum absolute atomic E-state index is 0.325. The average Bonchev–Trinajstić information content (AvgIpc) is 0.692. The van der Waals surface area contributed by atoms with E-state index in [4.69, 9.17) is 30.2 Å². The van der Waals surface area contributed by atoms with Crippen molar-refractivity contribution in [2.75, 3.05) is 4.90 Å². The molecule has 0 bridgehead atoms. The van der Waals surface area contributed by atoms with E-state index in [1.165, 1.54) is 0 Å². The molecule has 11 aromatic rings. The predicted octanol–water partition coefficient (Wildman–Crippen LogP) is 15.1. The topological polar surface area (TPSA) is 41.9 Å². The van der Waals surface area contributed by atoms with Gasteiger partial charge in [-0.2, -0.15) is 0 Å². The molecule has 11 rings (SSSR count). The van der Waals surface area contributed by atoms with E-state index in [9.17, 15) is 21.9 Å². The summed E-state index contributed by atoms with van der Waals surface area (Å²) in [6.45, 7) is 0. The molecule has 4 nitrogen and oxygen atoms in total. The van der Waals surface area contributed by atoms with Crippen molar-refractivity contribution in [2.45, 2.75) is 0 Å². The number of benzene rings is 9. The smallest absolute Gasteiger partial charge is 0.160 e. The first-order chi connectivity index (χ1) is 46.1. The molecule has 0 N–H and O–H groups in total. The number of rotatable bonds is 8. The summed E-state index contributed by atoms with van der Waals surface area (Å²) >= 11 is 0. The highest BCUT2D eigenvalue weighted by atomic mass is 15.1. The maximum Gasteiger partial charge on any atom is 0.160 e. The molecule has 2 aromatic heterocycles. The van der Waals surface area contributed by atoms with Gasteiger partial charge in [-0.05, 0) is 82.3 Å². The lowest BCUT2D eigenvalue weighted by atomic mass is 9.93. The van der Waals surface area contributed by atoms with E-state index < -0.39 is 335 Å². The number of pyridine rings is 1. The standard InChI is InChI=1S/C57H38N4/c1-5-16-40(17-6-1)53-38-54(41-18-7-2-8-19-41)60-57(59-53)45-31-34-49-43(37-45)30-35-51-55(49)50-26-13-14-27-52(50)58-56(51)44-21-15-20-42(36-44)39-28-32-48(33-29-39)61(46-22-9-3-10-23-46)47-24-11-4-12-25-47/h1-38H/i1D,2D,3D,4D,5D,6D,7D,8D,9D,10D,11D,12D,13D,14D,15D,16D,17D,18D,19D,20D,21D,22D,23D,24D,25D,26D,27D,28D,29D,30D,31D,32D,33D,34D,35D,36D,37D,38D. The zero-order valence-electron chi connectivity index (χ0n) is 68.3. The van der Waals surface area contributed by atoms with Gasteiger partial charge in [0.15, 0.2) is 5.82 Å². The Labute approximate surface area is 408 Å². The monoisotopic (exact) mass is 817 g/mol. The van der Waals surface area contributed by atoms with Gasteiger partial charge >= 0.3 is 0 Å². The summed E-state index contributed by atoms with van der Waals surface area (Å²) in [6, 6.07) is -41.2. The van der Waals surface area contributed by atoms with Gasteiger partial charge in [-0.15, -0.1) is 0 Å². The number of nitrogens with zero attached hydrogens (tertiary/aromatic N) is 4. The van der Waals surface area contributed by atoms with E-state index in [2.05, 4.69) is 15.0 Å². The van der Waals surface area contributed by atoms with Crippen LogP contribution in [0.25, 0.3) is 88.7 Å². The minimum atomic E-state index is -1.31. The molecule has 286 valence electrons. The quantitative estimate of drug-likeness (QED) is 0.143. The van der Waals surface area contributed by atoms with Crippen LogP contribution in [0.4, 0.5) is 17.1 Å². The highest BCUT2D eigenvalue weighted by Gasteiger charge is 2.17. The van der Waals surface area contributed by atoms with Crippen molar-refractivity contribution in [1.82, 2.24) is 15.0 Å². The van der Waals surface area contributed by atoms with E-state index in [1.54, 1.807) is 0 Å². The molecule has 2 heterocycles. The molecule has 0 aliphatic rings. The second-order valence-corrected chi connectivity index (χ2v) is 12.3. The molecule has 4 heteroatoms. The van der Waals surface area contributed by atoms with Crippen molar-refractivity contribution in [1.29, 1.82) is 0 Å². The highest BCUT2D eigenvalue weighted by Crippen LogP contribution is 2.40. The maximum absolute atomic E-state index is 9.89. The molecule has 0 aliphatic carbocycles.